The molecule has 0 saturated carbocycles. The van der Waals surface area contributed by atoms with Crippen molar-refractivity contribution in [2.75, 3.05) is 38.5 Å². The Morgan fingerprint density at radius 3 is 2.79 bits per heavy atom. The van der Waals surface area contributed by atoms with Crippen LogP contribution in [0.2, 0.25) is 0 Å². The monoisotopic (exact) mass is 287 g/mol. The molecule has 7 nitrogen and oxygen atoms in total. The lowest BCUT2D eigenvalue weighted by Gasteiger charge is -2.26. The molecule has 0 bridgehead atoms. The number of nitrogens with one attached hydrogen (secondary N) is 2. The molecular weight excluding hydrogens is 270 g/mol. The number of amides is 1. The number of nitrogens with zero attached hydrogens (tertiary/aromatic N) is 1. The van der Waals surface area contributed by atoms with Crippen LogP contribution in [0.25, 0.3) is 0 Å². The first kappa shape index (κ1) is 14.0. The van der Waals surface area contributed by atoms with E-state index in [1.54, 1.807) is 6.07 Å². The molecule has 0 radical (unpaired) electrons. The summed E-state index contributed by atoms with van der Waals surface area (Å²) in [5.74, 6) is -0.320. The van der Waals surface area contributed by atoms with E-state index < -0.39 is 15.9 Å². The van der Waals surface area contributed by atoms with E-state index >= 15 is 0 Å². The van der Waals surface area contributed by atoms with Gasteiger partial charge in [-0.3, -0.25) is 4.79 Å². The van der Waals surface area contributed by atoms with Crippen LogP contribution in [0.15, 0.2) is 22.8 Å². The van der Waals surface area contributed by atoms with Crippen LogP contribution < -0.4 is 10.6 Å². The minimum Gasteiger partial charge on any atom is -0.459 e. The summed E-state index contributed by atoms with van der Waals surface area (Å²) in [6, 6.07) is 3.13. The van der Waals surface area contributed by atoms with Crippen LogP contribution in [0.3, 0.4) is 0 Å². The van der Waals surface area contributed by atoms with Gasteiger partial charge in [0.1, 0.15) is 0 Å². The van der Waals surface area contributed by atoms with Crippen molar-refractivity contribution in [1.29, 1.82) is 0 Å². The van der Waals surface area contributed by atoms with Crippen molar-refractivity contribution < 1.29 is 17.6 Å². The molecular formula is C11H17N3O4S. The predicted octanol–water partition coefficient (Wildman–Crippen LogP) is -0.756. The molecule has 2 heterocycles. The fraction of sp³-hybridized carbons (Fsp3) is 0.545. The Bertz CT molecular complexity index is 506. The van der Waals surface area contributed by atoms with Crippen LogP contribution >= 0.6 is 0 Å². The highest BCUT2D eigenvalue weighted by molar-refractivity contribution is 7.89. The second kappa shape index (κ2) is 6.18. The van der Waals surface area contributed by atoms with Gasteiger partial charge < -0.3 is 15.1 Å². The normalized spacial score (nSPS) is 17.3. The van der Waals surface area contributed by atoms with Crippen molar-refractivity contribution in [1.82, 2.24) is 14.9 Å². The lowest BCUT2D eigenvalue weighted by Crippen LogP contribution is -2.48. The Morgan fingerprint density at radius 2 is 2.16 bits per heavy atom. The maximum Gasteiger partial charge on any atom is 0.287 e. The van der Waals surface area contributed by atoms with Crippen LogP contribution in [0, 0.1) is 0 Å². The van der Waals surface area contributed by atoms with E-state index in [2.05, 4.69) is 10.6 Å². The molecule has 0 unspecified atom stereocenters. The zero-order chi connectivity index (χ0) is 13.7. The lowest BCUT2D eigenvalue weighted by molar-refractivity contribution is 0.0928. The Balaban J connectivity index is 1.80. The summed E-state index contributed by atoms with van der Waals surface area (Å²) >= 11 is 0. The molecule has 19 heavy (non-hydrogen) atoms. The third-order valence-corrected chi connectivity index (χ3v) is 4.73. The molecule has 0 atom stereocenters. The number of carbonyl (C=O) groups is 1. The van der Waals surface area contributed by atoms with E-state index in [4.69, 9.17) is 4.42 Å². The molecule has 0 aliphatic carbocycles. The Labute approximate surface area is 112 Å². The van der Waals surface area contributed by atoms with E-state index in [0.717, 1.165) is 0 Å². The second-order valence-corrected chi connectivity index (χ2v) is 6.29. The first-order chi connectivity index (χ1) is 9.09. The van der Waals surface area contributed by atoms with E-state index in [9.17, 15) is 13.2 Å². The molecule has 1 aromatic heterocycles. The molecule has 106 valence electrons. The summed E-state index contributed by atoms with van der Waals surface area (Å²) in [6.45, 7) is 2.37. The summed E-state index contributed by atoms with van der Waals surface area (Å²) in [5, 5.41) is 5.62. The molecule has 8 heteroatoms. The zero-order valence-corrected chi connectivity index (χ0v) is 11.3. The number of hydrogen-bond donors (Lipinski definition) is 2. The van der Waals surface area contributed by atoms with Gasteiger partial charge >= 0.3 is 0 Å². The standard InChI is InChI=1S/C11H17N3O4S/c15-11(10-2-1-8-18-10)13-5-9-19(16,17)14-6-3-12-4-7-14/h1-2,8,12H,3-7,9H2,(H,13,15). The van der Waals surface area contributed by atoms with Gasteiger partial charge in [0.25, 0.3) is 5.91 Å². The van der Waals surface area contributed by atoms with Crippen molar-refractivity contribution in [3.05, 3.63) is 24.2 Å². The molecule has 1 aromatic rings. The van der Waals surface area contributed by atoms with Crippen LogP contribution in [-0.4, -0.2) is 57.1 Å². The molecule has 1 fully saturated rings. The third kappa shape index (κ3) is 3.79. The number of carbonyl (C=O) groups excluding carboxylic acids is 1. The van der Waals surface area contributed by atoms with E-state index in [1.807, 2.05) is 0 Å². The summed E-state index contributed by atoms with van der Waals surface area (Å²) in [6.07, 6.45) is 1.40. The van der Waals surface area contributed by atoms with Crippen molar-refractivity contribution in [3.63, 3.8) is 0 Å². The van der Waals surface area contributed by atoms with Gasteiger partial charge in [-0.05, 0) is 12.1 Å². The Morgan fingerprint density at radius 1 is 1.42 bits per heavy atom. The molecule has 0 aromatic carbocycles. The van der Waals surface area contributed by atoms with Gasteiger partial charge in [0.15, 0.2) is 5.76 Å². The maximum atomic E-state index is 12.0. The minimum atomic E-state index is -3.30. The fourth-order valence-corrected chi connectivity index (χ4v) is 3.20. The first-order valence-corrected chi connectivity index (χ1v) is 7.71. The molecule has 1 aliphatic heterocycles. The van der Waals surface area contributed by atoms with Gasteiger partial charge in [0.2, 0.25) is 10.0 Å². The van der Waals surface area contributed by atoms with Crippen LogP contribution in [0.4, 0.5) is 0 Å². The van der Waals surface area contributed by atoms with Crippen molar-refractivity contribution in [2.24, 2.45) is 0 Å². The number of rotatable bonds is 5. The first-order valence-electron chi connectivity index (χ1n) is 6.10. The molecule has 1 saturated heterocycles. The number of furan rings is 1. The largest absolute Gasteiger partial charge is 0.459 e. The van der Waals surface area contributed by atoms with Crippen LogP contribution in [0.1, 0.15) is 10.6 Å². The predicted molar refractivity (Wildman–Crippen MR) is 69.3 cm³/mol. The summed E-state index contributed by atoms with van der Waals surface area (Å²) in [4.78, 5) is 11.5. The summed E-state index contributed by atoms with van der Waals surface area (Å²) in [5.41, 5.74) is 0. The zero-order valence-electron chi connectivity index (χ0n) is 10.5. The van der Waals surface area contributed by atoms with Gasteiger partial charge in [-0.25, -0.2) is 8.42 Å². The minimum absolute atomic E-state index is 0.0752. The van der Waals surface area contributed by atoms with Gasteiger partial charge in [-0.1, -0.05) is 0 Å². The number of piperazine rings is 1. The quantitative estimate of drug-likeness (QED) is 0.743. The number of hydrogen-bond acceptors (Lipinski definition) is 5. The molecule has 2 N–H and O–H groups in total. The lowest BCUT2D eigenvalue weighted by atomic mass is 10.4. The van der Waals surface area contributed by atoms with E-state index in [0.29, 0.717) is 26.2 Å². The Hall–Kier alpha value is -1.38. The Kier molecular flexibility index (Phi) is 4.56. The second-order valence-electron chi connectivity index (χ2n) is 4.20. The fourth-order valence-electron chi connectivity index (χ4n) is 1.84. The molecule has 1 amide bonds. The van der Waals surface area contributed by atoms with Crippen molar-refractivity contribution in [2.45, 2.75) is 0 Å². The average Bonchev–Trinajstić information content (AvgIpc) is 2.93. The third-order valence-electron chi connectivity index (χ3n) is 2.86. The average molecular weight is 287 g/mol. The van der Waals surface area contributed by atoms with E-state index in [1.165, 1.54) is 16.6 Å². The molecule has 1 aliphatic rings. The van der Waals surface area contributed by atoms with Crippen LogP contribution in [0.5, 0.6) is 0 Å². The van der Waals surface area contributed by atoms with Gasteiger partial charge in [-0.15, -0.1) is 0 Å². The number of sulfonamides is 1. The smallest absolute Gasteiger partial charge is 0.287 e. The van der Waals surface area contributed by atoms with E-state index in [-0.39, 0.29) is 18.1 Å². The molecule has 0 spiro atoms. The van der Waals surface area contributed by atoms with Gasteiger partial charge in [0.05, 0.1) is 12.0 Å². The maximum absolute atomic E-state index is 12.0. The summed E-state index contributed by atoms with van der Waals surface area (Å²) < 4.78 is 30.3. The van der Waals surface area contributed by atoms with Gasteiger partial charge in [0, 0.05) is 32.7 Å². The summed E-state index contributed by atoms with van der Waals surface area (Å²) in [7, 11) is -3.30. The van der Waals surface area contributed by atoms with Crippen molar-refractivity contribution in [3.8, 4) is 0 Å². The highest BCUT2D eigenvalue weighted by Gasteiger charge is 2.23. The van der Waals surface area contributed by atoms with Crippen molar-refractivity contribution >= 4 is 15.9 Å². The highest BCUT2D eigenvalue weighted by Crippen LogP contribution is 2.03. The van der Waals surface area contributed by atoms with Gasteiger partial charge in [-0.2, -0.15) is 4.31 Å². The SMILES string of the molecule is O=C(NCCS(=O)(=O)N1CCNCC1)c1ccco1. The molecule has 2 rings (SSSR count). The highest BCUT2D eigenvalue weighted by atomic mass is 32.2. The topological polar surface area (TPSA) is 91.7 Å². The van der Waals surface area contributed by atoms with Crippen LogP contribution in [-0.2, 0) is 10.0 Å².